The zero-order valence-electron chi connectivity index (χ0n) is 19.9. The number of carbonyl (C=O) groups is 1. The Hall–Kier alpha value is -4.77. The van der Waals surface area contributed by atoms with E-state index in [1.165, 1.54) is 6.07 Å². The average Bonchev–Trinajstić information content (AvgIpc) is 3.31. The van der Waals surface area contributed by atoms with Crippen molar-refractivity contribution in [3.05, 3.63) is 150 Å². The Morgan fingerprint density at radius 3 is 2.35 bits per heavy atom. The molecule has 0 radical (unpaired) electrons. The van der Waals surface area contributed by atoms with Gasteiger partial charge in [-0.3, -0.25) is 0 Å². The minimum absolute atomic E-state index is 0.248. The molecule has 0 N–H and O–H groups in total. The summed E-state index contributed by atoms with van der Waals surface area (Å²) < 4.78 is 22.9. The fourth-order valence-electron chi connectivity index (χ4n) is 4.73. The van der Waals surface area contributed by atoms with E-state index in [0.717, 1.165) is 27.4 Å². The molecule has 0 unspecified atom stereocenters. The van der Waals surface area contributed by atoms with Gasteiger partial charge in [0.15, 0.2) is 11.9 Å². The van der Waals surface area contributed by atoms with Crippen LogP contribution in [0.15, 0.2) is 121 Å². The SMILES string of the molecule is O=C(O[C@@H](c1ccccc1)c1nc2ccccc2n1Cc1ccccc1F)c1cccc2ccccc12. The maximum absolute atomic E-state index is 14.7. The third-order valence-electron chi connectivity index (χ3n) is 6.54. The predicted molar refractivity (Wildman–Crippen MR) is 143 cm³/mol. The van der Waals surface area contributed by atoms with Crippen LogP contribution in [0.25, 0.3) is 21.8 Å². The van der Waals surface area contributed by atoms with Crippen molar-refractivity contribution in [1.29, 1.82) is 0 Å². The van der Waals surface area contributed by atoms with E-state index in [9.17, 15) is 9.18 Å². The first-order chi connectivity index (χ1) is 18.2. The fraction of sp³-hybridized carbons (Fsp3) is 0.0625. The van der Waals surface area contributed by atoms with Gasteiger partial charge in [-0.05, 0) is 35.0 Å². The summed E-state index contributed by atoms with van der Waals surface area (Å²) >= 11 is 0. The van der Waals surface area contributed by atoms with E-state index in [-0.39, 0.29) is 12.4 Å². The van der Waals surface area contributed by atoms with Crippen LogP contribution in [0.4, 0.5) is 4.39 Å². The van der Waals surface area contributed by atoms with E-state index < -0.39 is 12.1 Å². The molecule has 0 fully saturated rings. The topological polar surface area (TPSA) is 44.1 Å². The van der Waals surface area contributed by atoms with Gasteiger partial charge < -0.3 is 9.30 Å². The Kier molecular flexibility index (Phi) is 5.95. The number of nitrogens with zero attached hydrogens (tertiary/aromatic N) is 2. The number of rotatable bonds is 6. The Bertz CT molecular complexity index is 1720. The van der Waals surface area contributed by atoms with Gasteiger partial charge in [-0.15, -0.1) is 0 Å². The molecule has 0 aliphatic rings. The van der Waals surface area contributed by atoms with Gasteiger partial charge in [-0.2, -0.15) is 0 Å². The Morgan fingerprint density at radius 2 is 1.49 bits per heavy atom. The standard InChI is InChI=1S/C32H23FN2O2/c33-27-18-7-5-14-24(27)21-35-29-20-9-8-19-28(29)34-31(35)30(23-12-2-1-3-13-23)37-32(36)26-17-10-15-22-11-4-6-16-25(22)26/h1-20,30H,21H2/t30-/m0/s1. The third kappa shape index (κ3) is 4.36. The monoisotopic (exact) mass is 486 g/mol. The molecule has 0 aliphatic carbocycles. The average molecular weight is 487 g/mol. The maximum Gasteiger partial charge on any atom is 0.339 e. The number of halogens is 1. The minimum Gasteiger partial charge on any atom is -0.446 e. The van der Waals surface area contributed by atoms with Crippen molar-refractivity contribution < 1.29 is 13.9 Å². The van der Waals surface area contributed by atoms with Gasteiger partial charge in [0.1, 0.15) is 5.82 Å². The number of ether oxygens (including phenoxy) is 1. The molecule has 1 aromatic heterocycles. The van der Waals surface area contributed by atoms with Crippen molar-refractivity contribution in [2.24, 2.45) is 0 Å². The number of benzene rings is 5. The summed E-state index contributed by atoms with van der Waals surface area (Å²) in [4.78, 5) is 18.5. The van der Waals surface area contributed by atoms with Crippen molar-refractivity contribution in [3.8, 4) is 0 Å². The van der Waals surface area contributed by atoms with E-state index in [0.29, 0.717) is 17.0 Å². The molecule has 6 rings (SSSR count). The lowest BCUT2D eigenvalue weighted by molar-refractivity contribution is 0.0360. The van der Waals surface area contributed by atoms with E-state index in [1.807, 2.05) is 102 Å². The molecule has 0 aliphatic heterocycles. The predicted octanol–water partition coefficient (Wildman–Crippen LogP) is 7.32. The van der Waals surface area contributed by atoms with Crippen LogP contribution in [0.2, 0.25) is 0 Å². The highest BCUT2D eigenvalue weighted by Crippen LogP contribution is 2.31. The second-order valence-electron chi connectivity index (χ2n) is 8.86. The summed E-state index contributed by atoms with van der Waals surface area (Å²) in [7, 11) is 0. The molecule has 0 amide bonds. The second-order valence-corrected chi connectivity index (χ2v) is 8.86. The first-order valence-electron chi connectivity index (χ1n) is 12.1. The summed E-state index contributed by atoms with van der Waals surface area (Å²) in [6.07, 6.45) is -0.799. The van der Waals surface area contributed by atoms with Crippen molar-refractivity contribution in [2.75, 3.05) is 0 Å². The van der Waals surface area contributed by atoms with Crippen LogP contribution in [0.3, 0.4) is 0 Å². The lowest BCUT2D eigenvalue weighted by atomic mass is 10.0. The quantitative estimate of drug-likeness (QED) is 0.232. The minimum atomic E-state index is -0.799. The maximum atomic E-state index is 14.7. The van der Waals surface area contributed by atoms with Gasteiger partial charge in [0, 0.05) is 11.1 Å². The number of hydrogen-bond donors (Lipinski definition) is 0. The van der Waals surface area contributed by atoms with Crippen molar-refractivity contribution in [3.63, 3.8) is 0 Å². The van der Waals surface area contributed by atoms with Crippen LogP contribution < -0.4 is 0 Å². The Morgan fingerprint density at radius 1 is 0.784 bits per heavy atom. The zero-order chi connectivity index (χ0) is 25.2. The molecule has 5 heteroatoms. The number of carbonyl (C=O) groups excluding carboxylic acids is 1. The smallest absolute Gasteiger partial charge is 0.339 e. The van der Waals surface area contributed by atoms with Crippen LogP contribution in [0.5, 0.6) is 0 Å². The molecule has 0 bridgehead atoms. The number of hydrogen-bond acceptors (Lipinski definition) is 3. The third-order valence-corrected chi connectivity index (χ3v) is 6.54. The van der Waals surface area contributed by atoms with Gasteiger partial charge in [-0.1, -0.05) is 97.1 Å². The molecule has 0 saturated carbocycles. The Balaban J connectivity index is 1.49. The molecule has 6 aromatic rings. The van der Waals surface area contributed by atoms with E-state index in [1.54, 1.807) is 18.2 Å². The van der Waals surface area contributed by atoms with Crippen molar-refractivity contribution in [2.45, 2.75) is 12.6 Å². The molecule has 37 heavy (non-hydrogen) atoms. The van der Waals surface area contributed by atoms with Gasteiger partial charge in [0.2, 0.25) is 0 Å². The summed E-state index contributed by atoms with van der Waals surface area (Å²) in [6.45, 7) is 0.248. The molecule has 4 nitrogen and oxygen atoms in total. The molecule has 180 valence electrons. The Labute approximate surface area is 213 Å². The summed E-state index contributed by atoms with van der Waals surface area (Å²) in [5.74, 6) is -0.213. The van der Waals surface area contributed by atoms with Gasteiger partial charge in [-0.25, -0.2) is 14.2 Å². The van der Waals surface area contributed by atoms with Gasteiger partial charge >= 0.3 is 5.97 Å². The highest BCUT2D eigenvalue weighted by molar-refractivity contribution is 6.04. The van der Waals surface area contributed by atoms with Crippen LogP contribution in [-0.2, 0) is 11.3 Å². The highest BCUT2D eigenvalue weighted by atomic mass is 19.1. The van der Waals surface area contributed by atoms with Crippen LogP contribution in [0, 0.1) is 5.82 Å². The molecule has 0 spiro atoms. The lowest BCUT2D eigenvalue weighted by Gasteiger charge is -2.20. The molecule has 0 saturated heterocycles. The highest BCUT2D eigenvalue weighted by Gasteiger charge is 2.27. The van der Waals surface area contributed by atoms with Crippen LogP contribution >= 0.6 is 0 Å². The number of fused-ring (bicyclic) bond motifs is 2. The second kappa shape index (κ2) is 9.70. The first kappa shape index (κ1) is 22.7. The molecular weight excluding hydrogens is 463 g/mol. The van der Waals surface area contributed by atoms with Gasteiger partial charge in [0.25, 0.3) is 0 Å². The van der Waals surface area contributed by atoms with Crippen molar-refractivity contribution in [1.82, 2.24) is 9.55 Å². The number of esters is 1. The molecule has 1 heterocycles. The number of para-hydroxylation sites is 2. The number of aromatic nitrogens is 2. The van der Waals surface area contributed by atoms with E-state index >= 15 is 0 Å². The molecular formula is C32H23FN2O2. The number of imidazole rings is 1. The van der Waals surface area contributed by atoms with Gasteiger partial charge in [0.05, 0.1) is 23.1 Å². The normalized spacial score (nSPS) is 12.0. The van der Waals surface area contributed by atoms with Crippen molar-refractivity contribution >= 4 is 27.8 Å². The lowest BCUT2D eigenvalue weighted by Crippen LogP contribution is -2.18. The summed E-state index contributed by atoms with van der Waals surface area (Å²) in [5.41, 5.74) is 3.37. The molecule has 5 aromatic carbocycles. The summed E-state index contributed by atoms with van der Waals surface area (Å²) in [6, 6.07) is 37.2. The fourth-order valence-corrected chi connectivity index (χ4v) is 4.73. The van der Waals surface area contributed by atoms with Crippen LogP contribution in [0.1, 0.15) is 33.4 Å². The van der Waals surface area contributed by atoms with E-state index in [4.69, 9.17) is 9.72 Å². The van der Waals surface area contributed by atoms with Crippen LogP contribution in [-0.4, -0.2) is 15.5 Å². The molecule has 1 atom stereocenters. The largest absolute Gasteiger partial charge is 0.446 e. The first-order valence-corrected chi connectivity index (χ1v) is 12.1. The summed E-state index contributed by atoms with van der Waals surface area (Å²) in [5, 5.41) is 1.78. The van der Waals surface area contributed by atoms with E-state index in [2.05, 4.69) is 0 Å². The zero-order valence-corrected chi connectivity index (χ0v) is 19.9.